The third-order valence-electron chi connectivity index (χ3n) is 4.11. The van der Waals surface area contributed by atoms with E-state index in [2.05, 4.69) is 42.6 Å². The molecule has 3 heteroatoms. The van der Waals surface area contributed by atoms with Crippen LogP contribution in [0.4, 0.5) is 0 Å². The summed E-state index contributed by atoms with van der Waals surface area (Å²) in [5, 5.41) is 4.30. The largest absolute Gasteiger partial charge is 0.489 e. The number of ether oxygens (including phenoxy) is 1. The van der Waals surface area contributed by atoms with Crippen molar-refractivity contribution in [3.63, 3.8) is 0 Å². The molecular weight excluding hydrogens is 330 g/mol. The Bertz CT molecular complexity index is 804. The van der Waals surface area contributed by atoms with Crippen molar-refractivity contribution < 1.29 is 4.74 Å². The molecule has 0 heterocycles. The van der Waals surface area contributed by atoms with Crippen molar-refractivity contribution in [3.05, 3.63) is 101 Å². The van der Waals surface area contributed by atoms with Crippen molar-refractivity contribution >= 4 is 11.6 Å². The zero-order valence-electron chi connectivity index (χ0n) is 14.3. The summed E-state index contributed by atoms with van der Waals surface area (Å²) in [4.78, 5) is 0. The summed E-state index contributed by atoms with van der Waals surface area (Å²) in [5.41, 5.74) is 3.55. The SMILES string of the molecule is CC(NCc1cccc(OCc2ccccc2)c1)c1cccc(Cl)c1. The lowest BCUT2D eigenvalue weighted by molar-refractivity contribution is 0.306. The first-order chi connectivity index (χ1) is 12.2. The number of hydrogen-bond acceptors (Lipinski definition) is 2. The molecule has 3 aromatic carbocycles. The fourth-order valence-electron chi connectivity index (χ4n) is 2.65. The van der Waals surface area contributed by atoms with E-state index in [1.165, 1.54) is 16.7 Å². The molecule has 0 aliphatic carbocycles. The summed E-state index contributed by atoms with van der Waals surface area (Å²) >= 11 is 6.07. The summed E-state index contributed by atoms with van der Waals surface area (Å²) in [7, 11) is 0. The second kappa shape index (κ2) is 8.70. The van der Waals surface area contributed by atoms with Crippen LogP contribution in [0.15, 0.2) is 78.9 Å². The standard InChI is InChI=1S/C22H22ClNO/c1-17(20-10-6-11-21(23)14-20)24-15-19-9-5-12-22(13-19)25-16-18-7-3-2-4-8-18/h2-14,17,24H,15-16H2,1H3. The lowest BCUT2D eigenvalue weighted by atomic mass is 10.1. The topological polar surface area (TPSA) is 21.3 Å². The molecular formula is C22H22ClNO. The van der Waals surface area contributed by atoms with Gasteiger partial charge < -0.3 is 10.1 Å². The van der Waals surface area contributed by atoms with Crippen molar-refractivity contribution in [2.24, 2.45) is 0 Å². The molecule has 1 atom stereocenters. The molecule has 25 heavy (non-hydrogen) atoms. The second-order valence-corrected chi connectivity index (χ2v) is 6.52. The van der Waals surface area contributed by atoms with E-state index in [9.17, 15) is 0 Å². The number of halogens is 1. The molecule has 0 spiro atoms. The summed E-state index contributed by atoms with van der Waals surface area (Å²) in [6.45, 7) is 3.49. The average Bonchev–Trinajstić information content (AvgIpc) is 2.66. The van der Waals surface area contributed by atoms with E-state index in [4.69, 9.17) is 16.3 Å². The fraction of sp³-hybridized carbons (Fsp3) is 0.182. The van der Waals surface area contributed by atoms with Crippen LogP contribution in [0.3, 0.4) is 0 Å². The monoisotopic (exact) mass is 351 g/mol. The molecule has 0 fully saturated rings. The van der Waals surface area contributed by atoms with Gasteiger partial charge in [-0.2, -0.15) is 0 Å². The van der Waals surface area contributed by atoms with Crippen LogP contribution in [-0.4, -0.2) is 0 Å². The van der Waals surface area contributed by atoms with E-state index >= 15 is 0 Å². The maximum atomic E-state index is 6.07. The lowest BCUT2D eigenvalue weighted by Crippen LogP contribution is -2.18. The number of benzene rings is 3. The minimum Gasteiger partial charge on any atom is -0.489 e. The van der Waals surface area contributed by atoms with Gasteiger partial charge in [-0.3, -0.25) is 0 Å². The highest BCUT2D eigenvalue weighted by Gasteiger charge is 2.06. The zero-order valence-corrected chi connectivity index (χ0v) is 15.0. The van der Waals surface area contributed by atoms with Crippen molar-refractivity contribution in [2.45, 2.75) is 26.1 Å². The van der Waals surface area contributed by atoms with Crippen LogP contribution in [0.5, 0.6) is 5.75 Å². The molecule has 0 aliphatic heterocycles. The molecule has 128 valence electrons. The molecule has 0 saturated carbocycles. The predicted molar refractivity (Wildman–Crippen MR) is 104 cm³/mol. The van der Waals surface area contributed by atoms with Gasteiger partial charge in [0.25, 0.3) is 0 Å². The Kier molecular flexibility index (Phi) is 6.10. The Balaban J connectivity index is 1.56. The normalized spacial score (nSPS) is 11.9. The van der Waals surface area contributed by atoms with Gasteiger partial charge in [-0.05, 0) is 47.9 Å². The second-order valence-electron chi connectivity index (χ2n) is 6.08. The van der Waals surface area contributed by atoms with Crippen LogP contribution >= 0.6 is 11.6 Å². The molecule has 3 rings (SSSR count). The van der Waals surface area contributed by atoms with E-state index in [0.29, 0.717) is 6.61 Å². The zero-order chi connectivity index (χ0) is 17.5. The van der Waals surface area contributed by atoms with E-state index in [-0.39, 0.29) is 6.04 Å². The summed E-state index contributed by atoms with van der Waals surface area (Å²) in [5.74, 6) is 0.888. The Morgan fingerprint density at radius 3 is 2.44 bits per heavy atom. The van der Waals surface area contributed by atoms with Crippen molar-refractivity contribution in [2.75, 3.05) is 0 Å². The van der Waals surface area contributed by atoms with Crippen LogP contribution in [0, 0.1) is 0 Å². The van der Waals surface area contributed by atoms with Gasteiger partial charge in [-0.15, -0.1) is 0 Å². The maximum Gasteiger partial charge on any atom is 0.120 e. The van der Waals surface area contributed by atoms with Crippen LogP contribution in [-0.2, 0) is 13.2 Å². The summed E-state index contributed by atoms with van der Waals surface area (Å²) < 4.78 is 5.89. The first kappa shape index (κ1) is 17.5. The van der Waals surface area contributed by atoms with Crippen LogP contribution < -0.4 is 10.1 Å². The quantitative estimate of drug-likeness (QED) is 0.583. The van der Waals surface area contributed by atoms with Crippen LogP contribution in [0.25, 0.3) is 0 Å². The molecule has 0 bridgehead atoms. The minimum atomic E-state index is 0.229. The molecule has 0 aliphatic rings. The van der Waals surface area contributed by atoms with Gasteiger partial charge in [0, 0.05) is 17.6 Å². The first-order valence-electron chi connectivity index (χ1n) is 8.45. The van der Waals surface area contributed by atoms with Gasteiger partial charge in [-0.25, -0.2) is 0 Å². The summed E-state index contributed by atoms with van der Waals surface area (Å²) in [6, 6.07) is 26.6. The van der Waals surface area contributed by atoms with E-state index in [0.717, 1.165) is 17.3 Å². The maximum absolute atomic E-state index is 6.07. The highest BCUT2D eigenvalue weighted by molar-refractivity contribution is 6.30. The Morgan fingerprint density at radius 2 is 1.64 bits per heavy atom. The molecule has 3 aromatic rings. The van der Waals surface area contributed by atoms with Crippen molar-refractivity contribution in [1.82, 2.24) is 5.32 Å². The van der Waals surface area contributed by atoms with Gasteiger partial charge in [0.2, 0.25) is 0 Å². The third-order valence-corrected chi connectivity index (χ3v) is 4.34. The van der Waals surface area contributed by atoms with E-state index in [1.807, 2.05) is 48.5 Å². The van der Waals surface area contributed by atoms with Gasteiger partial charge in [-0.1, -0.05) is 66.2 Å². The molecule has 0 saturated heterocycles. The molecule has 0 radical (unpaired) electrons. The Hall–Kier alpha value is -2.29. The highest BCUT2D eigenvalue weighted by atomic mass is 35.5. The number of hydrogen-bond donors (Lipinski definition) is 1. The van der Waals surface area contributed by atoms with E-state index in [1.54, 1.807) is 0 Å². The van der Waals surface area contributed by atoms with Crippen LogP contribution in [0.2, 0.25) is 5.02 Å². The smallest absolute Gasteiger partial charge is 0.120 e. The molecule has 2 nitrogen and oxygen atoms in total. The molecule has 0 aromatic heterocycles. The summed E-state index contributed by atoms with van der Waals surface area (Å²) in [6.07, 6.45) is 0. The minimum absolute atomic E-state index is 0.229. The Morgan fingerprint density at radius 1 is 0.880 bits per heavy atom. The average molecular weight is 352 g/mol. The van der Waals surface area contributed by atoms with Gasteiger partial charge in [0.15, 0.2) is 0 Å². The predicted octanol–water partition coefficient (Wildman–Crippen LogP) is 5.77. The molecule has 1 unspecified atom stereocenters. The fourth-order valence-corrected chi connectivity index (χ4v) is 2.85. The number of rotatable bonds is 7. The van der Waals surface area contributed by atoms with Crippen molar-refractivity contribution in [3.8, 4) is 5.75 Å². The van der Waals surface area contributed by atoms with Gasteiger partial charge in [0.05, 0.1) is 0 Å². The van der Waals surface area contributed by atoms with Crippen LogP contribution in [0.1, 0.15) is 29.7 Å². The van der Waals surface area contributed by atoms with Crippen molar-refractivity contribution in [1.29, 1.82) is 0 Å². The van der Waals surface area contributed by atoms with Gasteiger partial charge >= 0.3 is 0 Å². The molecule has 1 N–H and O–H groups in total. The third kappa shape index (κ3) is 5.35. The van der Waals surface area contributed by atoms with Gasteiger partial charge in [0.1, 0.15) is 12.4 Å². The number of nitrogens with one attached hydrogen (secondary N) is 1. The lowest BCUT2D eigenvalue weighted by Gasteiger charge is -2.15. The van der Waals surface area contributed by atoms with E-state index < -0.39 is 0 Å². The Labute approximate surface area is 154 Å². The highest BCUT2D eigenvalue weighted by Crippen LogP contribution is 2.19. The molecule has 0 amide bonds. The first-order valence-corrected chi connectivity index (χ1v) is 8.83.